The third-order valence-corrected chi connectivity index (χ3v) is 4.81. The molecule has 1 unspecified atom stereocenters. The second-order valence-electron chi connectivity index (χ2n) is 4.12. The maximum Gasteiger partial charge on any atom is 0.161 e. The van der Waals surface area contributed by atoms with Crippen molar-refractivity contribution in [2.24, 2.45) is 0 Å². The van der Waals surface area contributed by atoms with Gasteiger partial charge in [0.25, 0.3) is 0 Å². The van der Waals surface area contributed by atoms with Crippen LogP contribution in [0.5, 0.6) is 11.5 Å². The lowest BCUT2D eigenvalue weighted by Gasteiger charge is -2.15. The number of hydrogen-bond donors (Lipinski definition) is 0. The van der Waals surface area contributed by atoms with Crippen LogP contribution in [0, 0.1) is 5.82 Å². The van der Waals surface area contributed by atoms with Crippen LogP contribution in [-0.2, 0) is 0 Å². The minimum Gasteiger partial charge on any atom is -0.493 e. The Hall–Kier alpha value is -1.07. The molecule has 2 aromatic carbocycles. The quantitative estimate of drug-likeness (QED) is 0.662. The van der Waals surface area contributed by atoms with Crippen molar-refractivity contribution in [2.45, 2.75) is 4.83 Å². The highest BCUT2D eigenvalue weighted by Gasteiger charge is 2.17. The summed E-state index contributed by atoms with van der Waals surface area (Å²) in [5, 5.41) is 0. The summed E-state index contributed by atoms with van der Waals surface area (Å²) in [6.07, 6.45) is 0. The van der Waals surface area contributed by atoms with Gasteiger partial charge in [-0.15, -0.1) is 0 Å². The maximum atomic E-state index is 13.6. The zero-order valence-electron chi connectivity index (χ0n) is 11.0. The van der Waals surface area contributed by atoms with E-state index in [1.54, 1.807) is 20.3 Å². The minimum absolute atomic E-state index is 0.146. The molecule has 2 rings (SSSR count). The van der Waals surface area contributed by atoms with E-state index >= 15 is 0 Å². The van der Waals surface area contributed by atoms with Crippen LogP contribution in [-0.4, -0.2) is 14.2 Å². The molecular formula is C15H13Br2FO2. The summed E-state index contributed by atoms with van der Waals surface area (Å²) in [6, 6.07) is 10.6. The first-order chi connectivity index (χ1) is 9.58. The van der Waals surface area contributed by atoms with Crippen LogP contribution in [0.25, 0.3) is 0 Å². The van der Waals surface area contributed by atoms with Gasteiger partial charge in [-0.05, 0) is 45.3 Å². The Balaban J connectivity index is 2.43. The van der Waals surface area contributed by atoms with E-state index in [0.29, 0.717) is 16.0 Å². The standard InChI is InChI=1S/C15H13Br2FO2/c1-19-12-7-6-9(8-13(12)20-2)14(16)10-4-3-5-11(18)15(10)17/h3-8,14H,1-2H3. The molecule has 2 nitrogen and oxygen atoms in total. The molecule has 2 aromatic rings. The van der Waals surface area contributed by atoms with Crippen molar-refractivity contribution in [3.63, 3.8) is 0 Å². The number of halogens is 3. The van der Waals surface area contributed by atoms with E-state index in [2.05, 4.69) is 31.9 Å². The molecule has 0 N–H and O–H groups in total. The summed E-state index contributed by atoms with van der Waals surface area (Å²) in [6.45, 7) is 0. The van der Waals surface area contributed by atoms with Gasteiger partial charge in [-0.25, -0.2) is 4.39 Å². The summed E-state index contributed by atoms with van der Waals surface area (Å²) in [7, 11) is 3.18. The van der Waals surface area contributed by atoms with Crippen LogP contribution >= 0.6 is 31.9 Å². The molecule has 0 aliphatic carbocycles. The van der Waals surface area contributed by atoms with Crippen molar-refractivity contribution in [3.05, 3.63) is 57.8 Å². The lowest BCUT2D eigenvalue weighted by atomic mass is 10.0. The second kappa shape index (κ2) is 6.59. The Morgan fingerprint density at radius 3 is 2.40 bits per heavy atom. The predicted octanol–water partition coefficient (Wildman–Crippen LogP) is 5.09. The highest BCUT2D eigenvalue weighted by atomic mass is 79.9. The fourth-order valence-electron chi connectivity index (χ4n) is 1.91. The lowest BCUT2D eigenvalue weighted by molar-refractivity contribution is 0.354. The van der Waals surface area contributed by atoms with Gasteiger partial charge in [0, 0.05) is 0 Å². The number of methoxy groups -OCH3 is 2. The van der Waals surface area contributed by atoms with E-state index in [4.69, 9.17) is 9.47 Å². The van der Waals surface area contributed by atoms with Crippen LogP contribution in [0.2, 0.25) is 0 Å². The molecule has 0 aliphatic rings. The third-order valence-electron chi connectivity index (χ3n) is 2.95. The van der Waals surface area contributed by atoms with E-state index in [1.807, 2.05) is 24.3 Å². The Morgan fingerprint density at radius 2 is 1.75 bits per heavy atom. The van der Waals surface area contributed by atoms with Crippen molar-refractivity contribution in [2.75, 3.05) is 14.2 Å². The SMILES string of the molecule is COc1ccc(C(Br)c2cccc(F)c2Br)cc1OC. The van der Waals surface area contributed by atoms with Crippen molar-refractivity contribution in [1.29, 1.82) is 0 Å². The van der Waals surface area contributed by atoms with Gasteiger partial charge in [0.2, 0.25) is 0 Å². The average molecular weight is 404 g/mol. The van der Waals surface area contributed by atoms with Crippen LogP contribution < -0.4 is 9.47 Å². The molecule has 0 radical (unpaired) electrons. The number of rotatable bonds is 4. The Morgan fingerprint density at radius 1 is 1.05 bits per heavy atom. The van der Waals surface area contributed by atoms with Gasteiger partial charge in [-0.2, -0.15) is 0 Å². The molecule has 106 valence electrons. The van der Waals surface area contributed by atoms with Crippen LogP contribution in [0.4, 0.5) is 4.39 Å². The smallest absolute Gasteiger partial charge is 0.161 e. The topological polar surface area (TPSA) is 18.5 Å². The first-order valence-corrected chi connectivity index (χ1v) is 7.59. The Bertz CT molecular complexity index is 617. The highest BCUT2D eigenvalue weighted by molar-refractivity contribution is 9.11. The van der Waals surface area contributed by atoms with E-state index in [1.165, 1.54) is 6.07 Å². The molecule has 0 amide bonds. The Labute approximate surface area is 134 Å². The summed E-state index contributed by atoms with van der Waals surface area (Å²) in [4.78, 5) is -0.146. The van der Waals surface area contributed by atoms with Gasteiger partial charge in [0.15, 0.2) is 11.5 Å². The lowest BCUT2D eigenvalue weighted by Crippen LogP contribution is -1.98. The molecule has 20 heavy (non-hydrogen) atoms. The largest absolute Gasteiger partial charge is 0.493 e. The molecule has 0 bridgehead atoms. The highest BCUT2D eigenvalue weighted by Crippen LogP contribution is 2.39. The fourth-order valence-corrected chi connectivity index (χ4v) is 3.37. The van der Waals surface area contributed by atoms with Crippen molar-refractivity contribution in [3.8, 4) is 11.5 Å². The minimum atomic E-state index is -0.285. The zero-order chi connectivity index (χ0) is 14.7. The molecule has 0 heterocycles. The van der Waals surface area contributed by atoms with Gasteiger partial charge in [-0.1, -0.05) is 34.1 Å². The molecule has 0 saturated heterocycles. The summed E-state index contributed by atoms with van der Waals surface area (Å²) < 4.78 is 24.6. The van der Waals surface area contributed by atoms with Gasteiger partial charge < -0.3 is 9.47 Å². The molecule has 0 aromatic heterocycles. The summed E-state index contributed by atoms with van der Waals surface area (Å²) in [5.74, 6) is 1.02. The van der Waals surface area contributed by atoms with Crippen molar-refractivity contribution >= 4 is 31.9 Å². The van der Waals surface area contributed by atoms with Crippen LogP contribution in [0.3, 0.4) is 0 Å². The third kappa shape index (κ3) is 2.99. The fraction of sp³-hybridized carbons (Fsp3) is 0.200. The van der Waals surface area contributed by atoms with Crippen LogP contribution in [0.1, 0.15) is 16.0 Å². The molecule has 1 atom stereocenters. The molecule has 0 saturated carbocycles. The number of ether oxygens (including phenoxy) is 2. The molecule has 0 aliphatic heterocycles. The molecule has 5 heteroatoms. The number of hydrogen-bond acceptors (Lipinski definition) is 2. The van der Waals surface area contributed by atoms with E-state index < -0.39 is 0 Å². The van der Waals surface area contributed by atoms with Gasteiger partial charge in [0.1, 0.15) is 5.82 Å². The molecule has 0 fully saturated rings. The molecule has 0 spiro atoms. The predicted molar refractivity (Wildman–Crippen MR) is 84.4 cm³/mol. The number of alkyl halides is 1. The van der Waals surface area contributed by atoms with E-state index in [9.17, 15) is 4.39 Å². The first kappa shape index (κ1) is 15.3. The van der Waals surface area contributed by atoms with Gasteiger partial charge >= 0.3 is 0 Å². The van der Waals surface area contributed by atoms with E-state index in [-0.39, 0.29) is 10.6 Å². The average Bonchev–Trinajstić information content (AvgIpc) is 2.48. The van der Waals surface area contributed by atoms with Crippen molar-refractivity contribution < 1.29 is 13.9 Å². The monoisotopic (exact) mass is 402 g/mol. The Kier molecular flexibility index (Phi) is 5.05. The maximum absolute atomic E-state index is 13.6. The normalized spacial score (nSPS) is 12.1. The zero-order valence-corrected chi connectivity index (χ0v) is 14.2. The first-order valence-electron chi connectivity index (χ1n) is 5.88. The van der Waals surface area contributed by atoms with Crippen molar-refractivity contribution in [1.82, 2.24) is 0 Å². The second-order valence-corrected chi connectivity index (χ2v) is 5.83. The molecular weight excluding hydrogens is 391 g/mol. The summed E-state index contributed by atoms with van der Waals surface area (Å²) >= 11 is 6.88. The van der Waals surface area contributed by atoms with E-state index in [0.717, 1.165) is 11.1 Å². The number of benzene rings is 2. The van der Waals surface area contributed by atoms with Crippen LogP contribution in [0.15, 0.2) is 40.9 Å². The summed E-state index contributed by atoms with van der Waals surface area (Å²) in [5.41, 5.74) is 1.77. The van der Waals surface area contributed by atoms with Gasteiger partial charge in [-0.3, -0.25) is 0 Å². The van der Waals surface area contributed by atoms with Gasteiger partial charge in [0.05, 0.1) is 23.5 Å².